The van der Waals surface area contributed by atoms with Gasteiger partial charge in [-0.15, -0.1) is 0 Å². The number of amidine groups is 1. The number of halogens is 1. The monoisotopic (exact) mass is 327 g/mol. The van der Waals surface area contributed by atoms with Crippen LogP contribution in [0.4, 0.5) is 0 Å². The summed E-state index contributed by atoms with van der Waals surface area (Å²) < 4.78 is 0. The topological polar surface area (TPSA) is 74.6 Å². The Hall–Kier alpha value is -2.66. The van der Waals surface area contributed by atoms with Crippen LogP contribution in [0.1, 0.15) is 24.2 Å². The number of aromatic nitrogens is 1. The first-order valence-electron chi connectivity index (χ1n) is 7.02. The van der Waals surface area contributed by atoms with Crippen LogP contribution in [-0.2, 0) is 4.79 Å². The molecule has 3 rings (SSSR count). The molecular formula is C17H14ClN3O2. The summed E-state index contributed by atoms with van der Waals surface area (Å²) >= 11 is 6.25. The fourth-order valence-corrected chi connectivity index (χ4v) is 2.75. The van der Waals surface area contributed by atoms with Crippen molar-refractivity contribution in [1.29, 1.82) is 0 Å². The van der Waals surface area contributed by atoms with Crippen LogP contribution in [0.5, 0.6) is 0 Å². The summed E-state index contributed by atoms with van der Waals surface area (Å²) in [5.74, 6) is -0.498. The number of aliphatic carboxylic acids is 1. The van der Waals surface area contributed by atoms with Crippen molar-refractivity contribution in [2.75, 3.05) is 0 Å². The number of carboxylic acids is 1. The molecule has 1 aliphatic rings. The predicted molar refractivity (Wildman–Crippen MR) is 88.4 cm³/mol. The number of aliphatic imine (C=N–C) groups is 1. The number of hydrogen-bond donors (Lipinski definition) is 2. The second-order valence-electron chi connectivity index (χ2n) is 5.09. The minimum Gasteiger partial charge on any atom is -0.478 e. The van der Waals surface area contributed by atoms with Crippen LogP contribution >= 0.6 is 11.6 Å². The van der Waals surface area contributed by atoms with Gasteiger partial charge in [0.25, 0.3) is 0 Å². The molecule has 116 valence electrons. The summed E-state index contributed by atoms with van der Waals surface area (Å²) in [5.41, 5.74) is 2.00. The Bertz CT molecular complexity index is 816. The highest BCUT2D eigenvalue weighted by Crippen LogP contribution is 2.35. The predicted octanol–water partition coefficient (Wildman–Crippen LogP) is 3.18. The summed E-state index contributed by atoms with van der Waals surface area (Å²) in [7, 11) is 0. The van der Waals surface area contributed by atoms with Crippen molar-refractivity contribution in [3.05, 3.63) is 76.2 Å². The summed E-state index contributed by atoms with van der Waals surface area (Å²) in [6.07, 6.45) is 1.66. The lowest BCUT2D eigenvalue weighted by atomic mass is 9.96. The van der Waals surface area contributed by atoms with E-state index in [1.807, 2.05) is 24.3 Å². The van der Waals surface area contributed by atoms with Gasteiger partial charge in [0.15, 0.2) is 5.84 Å². The Balaban J connectivity index is 2.14. The molecule has 23 heavy (non-hydrogen) atoms. The number of nitrogens with zero attached hydrogens (tertiary/aromatic N) is 2. The first kappa shape index (κ1) is 15.2. The first-order valence-corrected chi connectivity index (χ1v) is 7.40. The fraction of sp³-hybridized carbons (Fsp3) is 0.118. The Labute approximate surface area is 138 Å². The molecule has 5 nitrogen and oxygen atoms in total. The minimum atomic E-state index is -1.02. The van der Waals surface area contributed by atoms with Gasteiger partial charge >= 0.3 is 5.97 Å². The molecule has 2 N–H and O–H groups in total. The summed E-state index contributed by atoms with van der Waals surface area (Å²) in [4.78, 5) is 20.5. The zero-order valence-electron chi connectivity index (χ0n) is 12.3. The van der Waals surface area contributed by atoms with E-state index in [1.165, 1.54) is 0 Å². The number of pyridine rings is 1. The summed E-state index contributed by atoms with van der Waals surface area (Å²) in [5, 5.41) is 13.1. The second-order valence-corrected chi connectivity index (χ2v) is 5.49. The highest BCUT2D eigenvalue weighted by Gasteiger charge is 2.30. The molecule has 1 aliphatic heterocycles. The van der Waals surface area contributed by atoms with Crippen molar-refractivity contribution in [3.8, 4) is 0 Å². The van der Waals surface area contributed by atoms with Gasteiger partial charge in [0.05, 0.1) is 5.57 Å². The molecular weight excluding hydrogens is 314 g/mol. The Kier molecular flexibility index (Phi) is 4.12. The quantitative estimate of drug-likeness (QED) is 0.908. The highest BCUT2D eigenvalue weighted by molar-refractivity contribution is 6.31. The highest BCUT2D eigenvalue weighted by atomic mass is 35.5. The molecule has 0 spiro atoms. The van der Waals surface area contributed by atoms with Crippen molar-refractivity contribution in [2.45, 2.75) is 13.0 Å². The van der Waals surface area contributed by atoms with Gasteiger partial charge in [-0.25, -0.2) is 4.79 Å². The molecule has 1 aromatic carbocycles. The van der Waals surface area contributed by atoms with Crippen LogP contribution in [0.2, 0.25) is 5.02 Å². The van der Waals surface area contributed by atoms with Gasteiger partial charge in [0.2, 0.25) is 0 Å². The zero-order valence-corrected chi connectivity index (χ0v) is 13.1. The van der Waals surface area contributed by atoms with Crippen LogP contribution in [0, 0.1) is 0 Å². The van der Waals surface area contributed by atoms with Gasteiger partial charge in [-0.3, -0.25) is 9.98 Å². The third-order valence-corrected chi connectivity index (χ3v) is 3.92. The van der Waals surface area contributed by atoms with Gasteiger partial charge in [0.1, 0.15) is 11.7 Å². The molecule has 0 amide bonds. The third-order valence-electron chi connectivity index (χ3n) is 3.58. The van der Waals surface area contributed by atoms with Gasteiger partial charge < -0.3 is 10.4 Å². The van der Waals surface area contributed by atoms with Gasteiger partial charge in [-0.2, -0.15) is 0 Å². The van der Waals surface area contributed by atoms with E-state index < -0.39 is 12.0 Å². The second kappa shape index (κ2) is 6.22. The fourth-order valence-electron chi connectivity index (χ4n) is 2.51. The molecule has 0 radical (unpaired) electrons. The molecule has 1 unspecified atom stereocenters. The maximum absolute atomic E-state index is 11.7. The number of carboxylic acid groups (broad SMARTS) is 1. The normalized spacial score (nSPS) is 17.5. The SMILES string of the molecule is CC1=C(C(=O)O)C(c2ccccc2Cl)N=C(c2ccccn2)N1. The third kappa shape index (κ3) is 2.96. The van der Waals surface area contributed by atoms with Gasteiger partial charge in [0, 0.05) is 22.5 Å². The molecule has 1 atom stereocenters. The van der Waals surface area contributed by atoms with Crippen LogP contribution in [0.15, 0.2) is 64.9 Å². The zero-order chi connectivity index (χ0) is 16.4. The van der Waals surface area contributed by atoms with E-state index in [0.29, 0.717) is 27.8 Å². The van der Waals surface area contributed by atoms with Crippen LogP contribution < -0.4 is 5.32 Å². The number of hydrogen-bond acceptors (Lipinski definition) is 4. The Morgan fingerprint density at radius 3 is 2.61 bits per heavy atom. The molecule has 0 aliphatic carbocycles. The molecule has 6 heteroatoms. The molecule has 2 heterocycles. The number of carbonyl (C=O) groups is 1. The standard InChI is InChI=1S/C17H14ClN3O2/c1-10-14(17(22)23)15(11-6-2-3-7-12(11)18)21-16(20-10)13-8-4-5-9-19-13/h2-9,15H,1H3,(H,20,21)(H,22,23). The van der Waals surface area contributed by atoms with Crippen molar-refractivity contribution in [2.24, 2.45) is 4.99 Å². The molecule has 0 saturated carbocycles. The van der Waals surface area contributed by atoms with Crippen LogP contribution in [0.3, 0.4) is 0 Å². The first-order chi connectivity index (χ1) is 11.1. The number of allylic oxidation sites excluding steroid dienone is 1. The smallest absolute Gasteiger partial charge is 0.335 e. The molecule has 2 aromatic rings. The van der Waals surface area contributed by atoms with E-state index in [4.69, 9.17) is 11.6 Å². The summed E-state index contributed by atoms with van der Waals surface area (Å²) in [6.45, 7) is 1.71. The molecule has 1 aromatic heterocycles. The summed E-state index contributed by atoms with van der Waals surface area (Å²) in [6, 6.07) is 11.9. The van der Waals surface area contributed by atoms with Crippen molar-refractivity contribution >= 4 is 23.4 Å². The van der Waals surface area contributed by atoms with E-state index in [1.54, 1.807) is 31.3 Å². The largest absolute Gasteiger partial charge is 0.478 e. The van der Waals surface area contributed by atoms with Crippen LogP contribution in [-0.4, -0.2) is 21.9 Å². The molecule has 0 fully saturated rings. The number of benzene rings is 1. The minimum absolute atomic E-state index is 0.179. The average Bonchev–Trinajstić information content (AvgIpc) is 2.55. The van der Waals surface area contributed by atoms with Crippen molar-refractivity contribution < 1.29 is 9.90 Å². The van der Waals surface area contributed by atoms with E-state index in [-0.39, 0.29) is 5.57 Å². The van der Waals surface area contributed by atoms with Gasteiger partial charge in [-0.05, 0) is 25.1 Å². The van der Waals surface area contributed by atoms with Gasteiger partial charge in [-0.1, -0.05) is 35.9 Å². The van der Waals surface area contributed by atoms with E-state index >= 15 is 0 Å². The van der Waals surface area contributed by atoms with Crippen molar-refractivity contribution in [3.63, 3.8) is 0 Å². The van der Waals surface area contributed by atoms with E-state index in [9.17, 15) is 9.90 Å². The van der Waals surface area contributed by atoms with Crippen LogP contribution in [0.25, 0.3) is 0 Å². The Morgan fingerprint density at radius 1 is 1.22 bits per heavy atom. The lowest BCUT2D eigenvalue weighted by Gasteiger charge is -2.25. The lowest BCUT2D eigenvalue weighted by Crippen LogP contribution is -2.32. The van der Waals surface area contributed by atoms with E-state index in [0.717, 1.165) is 0 Å². The number of nitrogens with one attached hydrogen (secondary N) is 1. The molecule has 0 saturated heterocycles. The maximum atomic E-state index is 11.7. The van der Waals surface area contributed by atoms with Crippen molar-refractivity contribution in [1.82, 2.24) is 10.3 Å². The Morgan fingerprint density at radius 2 is 1.96 bits per heavy atom. The van der Waals surface area contributed by atoms with E-state index in [2.05, 4.69) is 15.3 Å². The lowest BCUT2D eigenvalue weighted by molar-refractivity contribution is -0.133. The number of rotatable bonds is 3. The maximum Gasteiger partial charge on any atom is 0.335 e. The average molecular weight is 328 g/mol. The molecule has 0 bridgehead atoms.